The molecule has 4 heteroatoms. The van der Waals surface area contributed by atoms with Gasteiger partial charge in [0.1, 0.15) is 0 Å². The van der Waals surface area contributed by atoms with Crippen molar-refractivity contribution in [1.82, 2.24) is 5.06 Å². The van der Waals surface area contributed by atoms with Crippen molar-refractivity contribution in [3.05, 3.63) is 12.3 Å². The number of aliphatic carboxylic acids is 1. The summed E-state index contributed by atoms with van der Waals surface area (Å²) in [5.74, 6) is -0.200. The number of allylic oxidation sites excluding steroid dienone is 1. The molecule has 4 nitrogen and oxygen atoms in total. The first-order valence-corrected chi connectivity index (χ1v) is 12.7. The van der Waals surface area contributed by atoms with Gasteiger partial charge in [-0.05, 0) is 65.6 Å². The Balaban J connectivity index is 3.72. The van der Waals surface area contributed by atoms with E-state index in [0.717, 1.165) is 19.3 Å². The molecule has 0 aromatic heterocycles. The van der Waals surface area contributed by atoms with E-state index in [1.807, 2.05) is 13.1 Å². The maximum absolute atomic E-state index is 11.9. The Morgan fingerprint density at radius 1 is 1.09 bits per heavy atom. The molecule has 0 saturated heterocycles. The second-order valence-electron chi connectivity index (χ2n) is 13.4. The first-order valence-electron chi connectivity index (χ1n) is 12.7. The first-order chi connectivity index (χ1) is 14.3. The van der Waals surface area contributed by atoms with Crippen LogP contribution in [-0.2, 0) is 4.79 Å². The fourth-order valence-electron chi connectivity index (χ4n) is 7.49. The summed E-state index contributed by atoms with van der Waals surface area (Å²) in [5.41, 5.74) is -0.168. The molecule has 0 amide bonds. The molecule has 0 aliphatic carbocycles. The monoisotopic (exact) mass is 451 g/mol. The van der Waals surface area contributed by atoms with Crippen LogP contribution in [0.4, 0.5) is 0 Å². The third-order valence-corrected chi connectivity index (χ3v) is 8.79. The predicted octanol–water partition coefficient (Wildman–Crippen LogP) is 7.87. The Morgan fingerprint density at radius 3 is 2.06 bits per heavy atom. The molecule has 0 aromatic carbocycles. The standard InChI is InChI=1S/C28H53NO3/c1-13-21(24(30)31)19(3)17-27(9,10)23-22(25(5,6)14-2)28(11,12)18-20(4)29(32)16-15-26(23,7)8/h15-16,19-23,32H,13-14,17-18H2,1-12H3,(H,30,31)/b16-15+. The van der Waals surface area contributed by atoms with Crippen LogP contribution in [0.1, 0.15) is 109 Å². The van der Waals surface area contributed by atoms with Crippen LogP contribution in [0.2, 0.25) is 0 Å². The van der Waals surface area contributed by atoms with Crippen molar-refractivity contribution in [3.63, 3.8) is 0 Å². The summed E-state index contributed by atoms with van der Waals surface area (Å²) in [4.78, 5) is 11.9. The van der Waals surface area contributed by atoms with Crippen molar-refractivity contribution >= 4 is 5.97 Å². The summed E-state index contributed by atoms with van der Waals surface area (Å²) < 4.78 is 0. The normalized spacial score (nSPS) is 29.4. The molecule has 0 aromatic rings. The Hall–Kier alpha value is -1.03. The van der Waals surface area contributed by atoms with E-state index in [1.54, 1.807) is 0 Å². The van der Waals surface area contributed by atoms with Gasteiger partial charge in [0.15, 0.2) is 0 Å². The molecule has 0 saturated carbocycles. The lowest BCUT2D eigenvalue weighted by Crippen LogP contribution is -2.52. The maximum atomic E-state index is 11.9. The topological polar surface area (TPSA) is 60.8 Å². The molecule has 1 aliphatic heterocycles. The molecule has 0 bridgehead atoms. The number of hydrogen-bond donors (Lipinski definition) is 2. The van der Waals surface area contributed by atoms with Crippen LogP contribution in [0.5, 0.6) is 0 Å². The molecule has 2 N–H and O–H groups in total. The lowest BCUT2D eigenvalue weighted by Gasteiger charge is -2.58. The number of carboxylic acid groups (broad SMARTS) is 1. The summed E-state index contributed by atoms with van der Waals surface area (Å²) in [7, 11) is 0. The van der Waals surface area contributed by atoms with Crippen molar-refractivity contribution in [1.29, 1.82) is 0 Å². The molecular formula is C28H53NO3. The Kier molecular flexibility index (Phi) is 9.13. The number of hydroxylamine groups is 2. The van der Waals surface area contributed by atoms with Crippen LogP contribution >= 0.6 is 0 Å². The van der Waals surface area contributed by atoms with E-state index in [-0.39, 0.29) is 39.5 Å². The smallest absolute Gasteiger partial charge is 0.306 e. The molecule has 0 spiro atoms. The maximum Gasteiger partial charge on any atom is 0.306 e. The zero-order valence-corrected chi connectivity index (χ0v) is 23.1. The van der Waals surface area contributed by atoms with Gasteiger partial charge in [-0.25, -0.2) is 0 Å². The van der Waals surface area contributed by atoms with Crippen LogP contribution in [0.15, 0.2) is 12.3 Å². The van der Waals surface area contributed by atoms with Gasteiger partial charge in [-0.2, -0.15) is 0 Å². The van der Waals surface area contributed by atoms with Crippen molar-refractivity contribution in [2.45, 2.75) is 115 Å². The Morgan fingerprint density at radius 2 is 1.62 bits per heavy atom. The van der Waals surface area contributed by atoms with Gasteiger partial charge in [0, 0.05) is 6.20 Å². The van der Waals surface area contributed by atoms with Crippen molar-refractivity contribution in [2.75, 3.05) is 0 Å². The highest BCUT2D eigenvalue weighted by Crippen LogP contribution is 2.61. The molecule has 1 aliphatic rings. The summed E-state index contributed by atoms with van der Waals surface area (Å²) in [6.07, 6.45) is 7.55. The summed E-state index contributed by atoms with van der Waals surface area (Å²) in [6.45, 7) is 27.3. The fourth-order valence-corrected chi connectivity index (χ4v) is 7.49. The highest BCUT2D eigenvalue weighted by Gasteiger charge is 2.54. The largest absolute Gasteiger partial charge is 0.481 e. The average Bonchev–Trinajstić information content (AvgIpc) is 2.64. The van der Waals surface area contributed by atoms with Gasteiger partial charge in [0.25, 0.3) is 0 Å². The van der Waals surface area contributed by atoms with E-state index in [4.69, 9.17) is 0 Å². The molecule has 1 rings (SSSR count). The van der Waals surface area contributed by atoms with Gasteiger partial charge >= 0.3 is 5.97 Å². The molecule has 5 unspecified atom stereocenters. The molecule has 0 fully saturated rings. The van der Waals surface area contributed by atoms with Crippen molar-refractivity contribution in [3.8, 4) is 0 Å². The lowest BCUT2D eigenvalue weighted by atomic mass is 9.46. The van der Waals surface area contributed by atoms with Gasteiger partial charge in [-0.15, -0.1) is 0 Å². The van der Waals surface area contributed by atoms with Crippen LogP contribution < -0.4 is 0 Å². The predicted molar refractivity (Wildman–Crippen MR) is 134 cm³/mol. The Labute approximate surface area is 198 Å². The second-order valence-corrected chi connectivity index (χ2v) is 13.4. The van der Waals surface area contributed by atoms with Gasteiger partial charge in [0.05, 0.1) is 12.0 Å². The van der Waals surface area contributed by atoms with Crippen LogP contribution in [0, 0.1) is 45.3 Å². The van der Waals surface area contributed by atoms with Crippen molar-refractivity contribution < 1.29 is 15.1 Å². The lowest BCUT2D eigenvalue weighted by molar-refractivity contribution is -0.145. The van der Waals surface area contributed by atoms with E-state index in [0.29, 0.717) is 18.3 Å². The summed E-state index contributed by atoms with van der Waals surface area (Å²) >= 11 is 0. The molecular weight excluding hydrogens is 398 g/mol. The van der Waals surface area contributed by atoms with E-state index >= 15 is 0 Å². The van der Waals surface area contributed by atoms with Crippen LogP contribution in [0.3, 0.4) is 0 Å². The molecule has 1 heterocycles. The quantitative estimate of drug-likeness (QED) is 0.394. The minimum Gasteiger partial charge on any atom is -0.481 e. The zero-order valence-electron chi connectivity index (χ0n) is 23.1. The van der Waals surface area contributed by atoms with Crippen LogP contribution in [0.25, 0.3) is 0 Å². The molecule has 5 atom stereocenters. The van der Waals surface area contributed by atoms with E-state index < -0.39 is 5.97 Å². The van der Waals surface area contributed by atoms with Crippen LogP contribution in [-0.4, -0.2) is 27.4 Å². The summed E-state index contributed by atoms with van der Waals surface area (Å²) in [6, 6.07) is 0.0319. The minimum atomic E-state index is -0.681. The average molecular weight is 452 g/mol. The number of hydrogen-bond acceptors (Lipinski definition) is 3. The third-order valence-electron chi connectivity index (χ3n) is 8.79. The number of carboxylic acids is 1. The van der Waals surface area contributed by atoms with E-state index in [9.17, 15) is 15.1 Å². The molecule has 0 radical (unpaired) electrons. The second kappa shape index (κ2) is 10.1. The number of carbonyl (C=O) groups is 1. The summed E-state index contributed by atoms with van der Waals surface area (Å²) in [5, 5.41) is 21.9. The van der Waals surface area contributed by atoms with Gasteiger partial charge < -0.3 is 5.11 Å². The fraction of sp³-hybridized carbons (Fsp3) is 0.893. The number of nitrogens with zero attached hydrogens (tertiary/aromatic N) is 1. The first kappa shape index (κ1) is 29.0. The van der Waals surface area contributed by atoms with Crippen molar-refractivity contribution in [2.24, 2.45) is 45.3 Å². The highest BCUT2D eigenvalue weighted by molar-refractivity contribution is 5.70. The van der Waals surface area contributed by atoms with Gasteiger partial charge in [0.2, 0.25) is 0 Å². The zero-order chi connectivity index (χ0) is 25.3. The Bertz CT molecular complexity index is 662. The van der Waals surface area contributed by atoms with E-state index in [1.165, 1.54) is 5.06 Å². The number of rotatable bonds is 8. The van der Waals surface area contributed by atoms with Gasteiger partial charge in [-0.3, -0.25) is 15.1 Å². The third kappa shape index (κ3) is 6.30. The SMILES string of the molecule is CCC(C(=O)O)C(C)CC(C)(C)C1C(C(C)(C)CC)C(C)(C)CC(C)N(O)/C=C/C1(C)C. The molecule has 32 heavy (non-hydrogen) atoms. The molecule has 188 valence electrons. The van der Waals surface area contributed by atoms with E-state index in [2.05, 4.69) is 82.2 Å². The minimum absolute atomic E-state index is 0.00860. The highest BCUT2D eigenvalue weighted by atomic mass is 16.5. The van der Waals surface area contributed by atoms with Gasteiger partial charge in [-0.1, -0.05) is 88.7 Å².